The molecule has 0 aliphatic carbocycles. The molecular formula is C22H30N2O5S. The highest BCUT2D eigenvalue weighted by atomic mass is 32.1. The third-order valence-electron chi connectivity index (χ3n) is 5.30. The second-order valence-electron chi connectivity index (χ2n) is 8.51. The minimum atomic E-state index is -1.22. The summed E-state index contributed by atoms with van der Waals surface area (Å²) in [5.41, 5.74) is 2.21. The fourth-order valence-electron chi connectivity index (χ4n) is 3.72. The molecule has 1 aliphatic rings. The number of carboxylic acid groups (broad SMARTS) is 1. The van der Waals surface area contributed by atoms with Crippen LogP contribution in [0, 0.1) is 12.3 Å². The molecule has 0 amide bonds. The number of carbonyl (C=O) groups is 1. The van der Waals surface area contributed by atoms with Gasteiger partial charge >= 0.3 is 5.97 Å². The number of aromatic nitrogens is 2. The normalized spacial score (nSPS) is 15.0. The quantitative estimate of drug-likeness (QED) is 0.699. The highest BCUT2D eigenvalue weighted by molar-refractivity contribution is 7.59. The molecule has 0 spiro atoms. The van der Waals surface area contributed by atoms with Gasteiger partial charge in [0.25, 0.3) is 0 Å². The van der Waals surface area contributed by atoms with Crippen LogP contribution in [0.25, 0.3) is 11.4 Å². The van der Waals surface area contributed by atoms with Gasteiger partial charge in [0.2, 0.25) is 0 Å². The summed E-state index contributed by atoms with van der Waals surface area (Å²) in [6, 6.07) is 3.38. The maximum Gasteiger partial charge on any atom is 0.341 e. The van der Waals surface area contributed by atoms with Gasteiger partial charge in [-0.1, -0.05) is 20.8 Å². The van der Waals surface area contributed by atoms with E-state index in [0.29, 0.717) is 31.0 Å². The Hall–Kier alpha value is -2.32. The summed E-state index contributed by atoms with van der Waals surface area (Å²) in [5.74, 6) is -0.488. The first-order valence-corrected chi connectivity index (χ1v) is 9.75. The molecule has 1 atom stereocenters. The topological polar surface area (TPSA) is 90.7 Å². The van der Waals surface area contributed by atoms with E-state index < -0.39 is 11.4 Å². The maximum absolute atomic E-state index is 12.4. The smallest absolute Gasteiger partial charge is 0.341 e. The molecule has 1 N–H and O–H groups in total. The van der Waals surface area contributed by atoms with Crippen molar-refractivity contribution in [1.29, 1.82) is 0 Å². The lowest BCUT2D eigenvalue weighted by Crippen LogP contribution is -2.33. The Morgan fingerprint density at radius 3 is 2.60 bits per heavy atom. The molecule has 30 heavy (non-hydrogen) atoms. The summed E-state index contributed by atoms with van der Waals surface area (Å²) in [4.78, 5) is 28.6. The third-order valence-corrected chi connectivity index (χ3v) is 5.30. The van der Waals surface area contributed by atoms with E-state index in [1.165, 1.54) is 12.3 Å². The van der Waals surface area contributed by atoms with Crippen molar-refractivity contribution in [1.82, 2.24) is 9.55 Å². The molecule has 1 aliphatic heterocycles. The minimum absolute atomic E-state index is 0. The molecule has 164 valence electrons. The highest BCUT2D eigenvalue weighted by Crippen LogP contribution is 2.42. The minimum Gasteiger partial charge on any atom is -0.492 e. The van der Waals surface area contributed by atoms with Crippen LogP contribution >= 0.6 is 13.5 Å². The van der Waals surface area contributed by atoms with Crippen LogP contribution in [0.3, 0.4) is 0 Å². The van der Waals surface area contributed by atoms with Crippen molar-refractivity contribution in [2.45, 2.75) is 46.6 Å². The fourth-order valence-corrected chi connectivity index (χ4v) is 3.72. The van der Waals surface area contributed by atoms with E-state index in [-0.39, 0.29) is 30.5 Å². The number of carboxylic acids is 1. The molecule has 7 nitrogen and oxygen atoms in total. The summed E-state index contributed by atoms with van der Waals surface area (Å²) in [7, 11) is 1.66. The summed E-state index contributed by atoms with van der Waals surface area (Å²) >= 11 is 0. The molecule has 3 rings (SSSR count). The lowest BCUT2D eigenvalue weighted by Gasteiger charge is -2.38. The molecular weight excluding hydrogens is 404 g/mol. The average molecular weight is 435 g/mol. The number of methoxy groups -OCH3 is 1. The Morgan fingerprint density at radius 1 is 1.30 bits per heavy atom. The fraction of sp³-hybridized carbons (Fsp3) is 0.500. The predicted octanol–water partition coefficient (Wildman–Crippen LogP) is 3.59. The third kappa shape index (κ3) is 4.70. The molecule has 0 radical (unpaired) electrons. The van der Waals surface area contributed by atoms with Crippen LogP contribution in [-0.2, 0) is 11.2 Å². The molecule has 2 aromatic rings. The van der Waals surface area contributed by atoms with Gasteiger partial charge in [-0.3, -0.25) is 4.79 Å². The average Bonchev–Trinajstić information content (AvgIpc) is 2.63. The summed E-state index contributed by atoms with van der Waals surface area (Å²) in [5, 5.41) is 9.40. The van der Waals surface area contributed by atoms with Gasteiger partial charge in [-0.25, -0.2) is 9.78 Å². The lowest BCUT2D eigenvalue weighted by atomic mass is 9.79. The van der Waals surface area contributed by atoms with E-state index in [1.54, 1.807) is 7.11 Å². The van der Waals surface area contributed by atoms with Crippen molar-refractivity contribution in [3.8, 4) is 17.1 Å². The number of pyridine rings is 2. The Balaban J connectivity index is 0.00000320. The van der Waals surface area contributed by atoms with Crippen LogP contribution in [0.15, 0.2) is 23.1 Å². The van der Waals surface area contributed by atoms with Gasteiger partial charge in [-0.05, 0) is 30.4 Å². The zero-order valence-corrected chi connectivity index (χ0v) is 19.1. The Kier molecular flexibility index (Phi) is 7.36. The van der Waals surface area contributed by atoms with Crippen LogP contribution in [-0.4, -0.2) is 41.0 Å². The molecule has 0 saturated carbocycles. The van der Waals surface area contributed by atoms with E-state index in [4.69, 9.17) is 14.5 Å². The Labute approximate surface area is 183 Å². The monoisotopic (exact) mass is 434 g/mol. The van der Waals surface area contributed by atoms with Gasteiger partial charge in [-0.2, -0.15) is 13.5 Å². The summed E-state index contributed by atoms with van der Waals surface area (Å²) in [6.45, 7) is 9.36. The molecule has 0 saturated heterocycles. The van der Waals surface area contributed by atoms with Crippen LogP contribution in [0.1, 0.15) is 54.8 Å². The Bertz CT molecular complexity index is 994. The SMILES string of the molecule is COCCCOc1cc2c(nc1C)-c1cc(=O)c(C(=O)O)cn1[C@H](C(C)(C)C)C2.S. The van der Waals surface area contributed by atoms with Crippen molar-refractivity contribution in [3.05, 3.63) is 45.4 Å². The zero-order chi connectivity index (χ0) is 21.3. The second-order valence-corrected chi connectivity index (χ2v) is 8.51. The molecule has 0 fully saturated rings. The van der Waals surface area contributed by atoms with Crippen LogP contribution in [0.2, 0.25) is 0 Å². The first-order valence-electron chi connectivity index (χ1n) is 9.75. The van der Waals surface area contributed by atoms with Gasteiger partial charge < -0.3 is 19.1 Å². The number of ether oxygens (including phenoxy) is 2. The summed E-state index contributed by atoms with van der Waals surface area (Å²) in [6.07, 6.45) is 2.92. The number of aromatic carboxylic acids is 1. The van der Waals surface area contributed by atoms with Crippen molar-refractivity contribution in [3.63, 3.8) is 0 Å². The molecule has 2 aromatic heterocycles. The van der Waals surface area contributed by atoms with Gasteiger partial charge in [0.15, 0.2) is 5.43 Å². The van der Waals surface area contributed by atoms with E-state index >= 15 is 0 Å². The van der Waals surface area contributed by atoms with Gasteiger partial charge in [0.05, 0.1) is 23.7 Å². The molecule has 0 unspecified atom stereocenters. The van der Waals surface area contributed by atoms with Crippen molar-refractivity contribution in [2.24, 2.45) is 5.41 Å². The first-order chi connectivity index (χ1) is 13.6. The maximum atomic E-state index is 12.4. The van der Waals surface area contributed by atoms with E-state index in [0.717, 1.165) is 23.4 Å². The number of fused-ring (bicyclic) bond motifs is 3. The zero-order valence-electron chi connectivity index (χ0n) is 18.1. The van der Waals surface area contributed by atoms with E-state index in [9.17, 15) is 14.7 Å². The second kappa shape index (κ2) is 9.22. The van der Waals surface area contributed by atoms with Crippen molar-refractivity contribution >= 4 is 19.5 Å². The lowest BCUT2D eigenvalue weighted by molar-refractivity contribution is 0.0693. The number of hydrogen-bond donors (Lipinski definition) is 1. The standard InChI is InChI=1S/C22H28N2O5.H2S/c1-13-18(29-8-6-7-28-5)9-14-10-19(22(2,3)4)24-12-15(21(26)27)17(25)11-16(24)20(14)23-13;/h9,11-12,19H,6-8,10H2,1-5H3,(H,26,27);1H2/t19-;/m0./s1. The van der Waals surface area contributed by atoms with Gasteiger partial charge in [0.1, 0.15) is 11.3 Å². The van der Waals surface area contributed by atoms with Crippen LogP contribution in [0.5, 0.6) is 5.75 Å². The highest BCUT2D eigenvalue weighted by Gasteiger charge is 2.34. The number of nitrogens with zero attached hydrogens (tertiary/aromatic N) is 2. The van der Waals surface area contributed by atoms with Gasteiger partial charge in [-0.15, -0.1) is 0 Å². The molecule has 3 heterocycles. The van der Waals surface area contributed by atoms with Gasteiger partial charge in [0, 0.05) is 38.4 Å². The largest absolute Gasteiger partial charge is 0.492 e. The molecule has 0 aromatic carbocycles. The van der Waals surface area contributed by atoms with Crippen LogP contribution in [0.4, 0.5) is 0 Å². The van der Waals surface area contributed by atoms with Crippen molar-refractivity contribution < 1.29 is 19.4 Å². The number of hydrogen-bond acceptors (Lipinski definition) is 5. The van der Waals surface area contributed by atoms with Crippen LogP contribution < -0.4 is 10.2 Å². The summed E-state index contributed by atoms with van der Waals surface area (Å²) < 4.78 is 12.9. The van der Waals surface area contributed by atoms with E-state index in [1.807, 2.05) is 17.6 Å². The van der Waals surface area contributed by atoms with Crippen molar-refractivity contribution in [2.75, 3.05) is 20.3 Å². The molecule has 0 bridgehead atoms. The molecule has 8 heteroatoms. The number of rotatable bonds is 6. The number of aryl methyl sites for hydroxylation is 1. The predicted molar refractivity (Wildman–Crippen MR) is 120 cm³/mol. The Morgan fingerprint density at radius 2 is 2.00 bits per heavy atom. The first kappa shape index (κ1) is 24.0. The van der Waals surface area contributed by atoms with E-state index in [2.05, 4.69) is 20.8 Å².